The molecule has 0 spiro atoms. The molecule has 18 heavy (non-hydrogen) atoms. The molecule has 1 aromatic carbocycles. The summed E-state index contributed by atoms with van der Waals surface area (Å²) in [6.45, 7) is 0. The third-order valence-corrected chi connectivity index (χ3v) is 2.06. The van der Waals surface area contributed by atoms with E-state index in [1.807, 2.05) is 0 Å². The minimum Gasteiger partial charge on any atom is -0.338 e. The molecule has 4 N–H and O–H groups in total. The van der Waals surface area contributed by atoms with Gasteiger partial charge in [0.05, 0.1) is 5.69 Å². The van der Waals surface area contributed by atoms with Crippen molar-refractivity contribution in [1.82, 2.24) is 9.97 Å². The Balaban J connectivity index is 2.30. The Morgan fingerprint density at radius 1 is 1.06 bits per heavy atom. The lowest BCUT2D eigenvalue weighted by Gasteiger charge is -2.08. The van der Waals surface area contributed by atoms with Crippen molar-refractivity contribution in [2.24, 2.45) is 5.84 Å². The number of halogens is 3. The quantitative estimate of drug-likeness (QED) is 0.444. The van der Waals surface area contributed by atoms with E-state index < -0.39 is 17.5 Å². The van der Waals surface area contributed by atoms with E-state index in [-0.39, 0.29) is 17.5 Å². The van der Waals surface area contributed by atoms with Crippen LogP contribution in [0.25, 0.3) is 0 Å². The Morgan fingerprint density at radius 3 is 2.50 bits per heavy atom. The molecule has 0 amide bonds. The van der Waals surface area contributed by atoms with Crippen LogP contribution in [0.15, 0.2) is 24.4 Å². The zero-order valence-corrected chi connectivity index (χ0v) is 8.92. The van der Waals surface area contributed by atoms with E-state index in [0.717, 1.165) is 0 Å². The summed E-state index contributed by atoms with van der Waals surface area (Å²) in [6.07, 6.45) is 1.36. The lowest BCUT2D eigenvalue weighted by molar-refractivity contribution is 0.496. The van der Waals surface area contributed by atoms with Crippen molar-refractivity contribution in [2.75, 3.05) is 10.7 Å². The molecule has 0 atom stereocenters. The summed E-state index contributed by atoms with van der Waals surface area (Å²) in [5, 5.41) is 2.49. The van der Waals surface area contributed by atoms with Crippen molar-refractivity contribution >= 4 is 17.5 Å². The van der Waals surface area contributed by atoms with Crippen molar-refractivity contribution in [3.05, 3.63) is 41.8 Å². The van der Waals surface area contributed by atoms with Crippen molar-refractivity contribution in [2.45, 2.75) is 0 Å². The first kappa shape index (κ1) is 12.1. The molecule has 0 aliphatic carbocycles. The first-order valence-electron chi connectivity index (χ1n) is 4.81. The molecule has 0 radical (unpaired) electrons. The van der Waals surface area contributed by atoms with E-state index in [4.69, 9.17) is 5.84 Å². The zero-order valence-electron chi connectivity index (χ0n) is 8.92. The monoisotopic (exact) mass is 255 g/mol. The van der Waals surface area contributed by atoms with Crippen molar-refractivity contribution in [3.63, 3.8) is 0 Å². The Labute approximate surface area is 99.8 Å². The van der Waals surface area contributed by atoms with Crippen molar-refractivity contribution in [1.29, 1.82) is 0 Å². The van der Waals surface area contributed by atoms with Crippen LogP contribution in [-0.2, 0) is 0 Å². The number of nitrogens with zero attached hydrogens (tertiary/aromatic N) is 2. The third kappa shape index (κ3) is 2.48. The zero-order chi connectivity index (χ0) is 13.1. The summed E-state index contributed by atoms with van der Waals surface area (Å²) in [5.74, 6) is 2.03. The lowest BCUT2D eigenvalue weighted by Crippen LogP contribution is -2.11. The number of hydrazine groups is 1. The Bertz CT molecular complexity index is 575. The predicted molar refractivity (Wildman–Crippen MR) is 59.4 cm³/mol. The van der Waals surface area contributed by atoms with E-state index in [1.54, 1.807) is 0 Å². The van der Waals surface area contributed by atoms with Gasteiger partial charge in [0.1, 0.15) is 11.6 Å². The number of anilines is 3. The lowest BCUT2D eigenvalue weighted by atomic mass is 10.3. The van der Waals surface area contributed by atoms with Crippen LogP contribution in [0.1, 0.15) is 0 Å². The van der Waals surface area contributed by atoms with Gasteiger partial charge in [-0.15, -0.1) is 0 Å². The summed E-state index contributed by atoms with van der Waals surface area (Å²) in [6, 6.07) is 2.56. The average molecular weight is 255 g/mol. The van der Waals surface area contributed by atoms with Crippen molar-refractivity contribution < 1.29 is 13.2 Å². The predicted octanol–water partition coefficient (Wildman–Crippen LogP) is 1.92. The summed E-state index contributed by atoms with van der Waals surface area (Å²) >= 11 is 0. The van der Waals surface area contributed by atoms with E-state index in [1.165, 1.54) is 12.3 Å². The molecule has 1 heterocycles. The van der Waals surface area contributed by atoms with Crippen LogP contribution in [0.3, 0.4) is 0 Å². The summed E-state index contributed by atoms with van der Waals surface area (Å²) < 4.78 is 39.0. The number of hydrogen-bond acceptors (Lipinski definition) is 5. The van der Waals surface area contributed by atoms with Crippen LogP contribution in [0.5, 0.6) is 0 Å². The average Bonchev–Trinajstić information content (AvgIpc) is 2.36. The molecule has 0 bridgehead atoms. The molecule has 0 aliphatic rings. The number of aromatic nitrogens is 2. The molecular weight excluding hydrogens is 247 g/mol. The van der Waals surface area contributed by atoms with Crippen molar-refractivity contribution in [3.8, 4) is 0 Å². The number of nitrogen functional groups attached to an aromatic ring is 1. The van der Waals surface area contributed by atoms with Gasteiger partial charge in [0.15, 0.2) is 11.6 Å². The Hall–Kier alpha value is -2.35. The van der Waals surface area contributed by atoms with Crippen LogP contribution >= 0.6 is 0 Å². The molecule has 8 heteroatoms. The van der Waals surface area contributed by atoms with Gasteiger partial charge >= 0.3 is 0 Å². The largest absolute Gasteiger partial charge is 0.338 e. The molecule has 5 nitrogen and oxygen atoms in total. The van der Waals surface area contributed by atoms with Crippen LogP contribution < -0.4 is 16.6 Å². The van der Waals surface area contributed by atoms with Crippen LogP contribution in [-0.4, -0.2) is 9.97 Å². The first-order valence-corrected chi connectivity index (χ1v) is 4.81. The molecule has 0 fully saturated rings. The fourth-order valence-corrected chi connectivity index (χ4v) is 1.25. The summed E-state index contributed by atoms with van der Waals surface area (Å²) in [7, 11) is 0. The van der Waals surface area contributed by atoms with E-state index in [2.05, 4.69) is 20.7 Å². The van der Waals surface area contributed by atoms with Gasteiger partial charge < -0.3 is 5.32 Å². The molecule has 0 saturated heterocycles. The highest BCUT2D eigenvalue weighted by Gasteiger charge is 2.10. The Morgan fingerprint density at radius 2 is 1.78 bits per heavy atom. The van der Waals surface area contributed by atoms with Gasteiger partial charge in [-0.3, -0.25) is 5.43 Å². The number of hydrogen-bond donors (Lipinski definition) is 3. The molecule has 2 rings (SSSR count). The molecule has 0 saturated carbocycles. The standard InChI is InChI=1S/C10H8F3N5/c11-5-3-7(13)8(4-6(5)12)16-9-1-2-15-10(17-9)18-14/h1-4H,14H2,(H2,15,16,17,18). The normalized spacial score (nSPS) is 10.2. The van der Waals surface area contributed by atoms with Crippen LogP contribution in [0, 0.1) is 17.5 Å². The SMILES string of the molecule is NNc1nccc(Nc2cc(F)c(F)cc2F)n1. The van der Waals surface area contributed by atoms with E-state index in [9.17, 15) is 13.2 Å². The van der Waals surface area contributed by atoms with Crippen LogP contribution in [0.4, 0.5) is 30.6 Å². The summed E-state index contributed by atoms with van der Waals surface area (Å²) in [4.78, 5) is 7.58. The second-order valence-corrected chi connectivity index (χ2v) is 3.28. The molecule has 2 aromatic rings. The number of rotatable bonds is 3. The highest BCUT2D eigenvalue weighted by Crippen LogP contribution is 2.21. The minimum absolute atomic E-state index is 0.1000. The topological polar surface area (TPSA) is 75.9 Å². The third-order valence-electron chi connectivity index (χ3n) is 2.06. The van der Waals surface area contributed by atoms with Gasteiger partial charge in [-0.1, -0.05) is 0 Å². The maximum Gasteiger partial charge on any atom is 0.239 e. The van der Waals surface area contributed by atoms with E-state index in [0.29, 0.717) is 12.1 Å². The molecule has 1 aromatic heterocycles. The molecule has 94 valence electrons. The highest BCUT2D eigenvalue weighted by molar-refractivity contribution is 5.57. The maximum atomic E-state index is 13.3. The van der Waals surface area contributed by atoms with Gasteiger partial charge in [-0.2, -0.15) is 4.98 Å². The smallest absolute Gasteiger partial charge is 0.239 e. The number of nitrogens with two attached hydrogens (primary N) is 1. The van der Waals surface area contributed by atoms with Gasteiger partial charge in [-0.05, 0) is 6.07 Å². The summed E-state index contributed by atoms with van der Waals surface area (Å²) in [5.41, 5.74) is 1.96. The van der Waals surface area contributed by atoms with E-state index >= 15 is 0 Å². The van der Waals surface area contributed by atoms with Gasteiger partial charge in [0, 0.05) is 18.3 Å². The molecule has 0 aliphatic heterocycles. The maximum absolute atomic E-state index is 13.3. The molecule has 0 unspecified atom stereocenters. The van der Waals surface area contributed by atoms with Gasteiger partial charge in [-0.25, -0.2) is 24.0 Å². The number of benzene rings is 1. The number of nitrogens with one attached hydrogen (secondary N) is 2. The highest BCUT2D eigenvalue weighted by atomic mass is 19.2. The molecular formula is C10H8F3N5. The minimum atomic E-state index is -1.26. The fourth-order valence-electron chi connectivity index (χ4n) is 1.25. The van der Waals surface area contributed by atoms with Gasteiger partial charge in [0.25, 0.3) is 0 Å². The first-order chi connectivity index (χ1) is 8.60. The second-order valence-electron chi connectivity index (χ2n) is 3.28. The van der Waals surface area contributed by atoms with Crippen LogP contribution in [0.2, 0.25) is 0 Å². The second kappa shape index (κ2) is 4.88. The Kier molecular flexibility index (Phi) is 3.28. The van der Waals surface area contributed by atoms with Gasteiger partial charge in [0.2, 0.25) is 5.95 Å². The fraction of sp³-hybridized carbons (Fsp3) is 0.